The zero-order chi connectivity index (χ0) is 22.1. The Labute approximate surface area is 175 Å². The lowest BCUT2D eigenvalue weighted by Crippen LogP contribution is -2.43. The number of hydrogen-bond acceptors (Lipinski definition) is 3. The van der Waals surface area contributed by atoms with Gasteiger partial charge in [-0.2, -0.15) is 0 Å². The van der Waals surface area contributed by atoms with E-state index in [1.165, 1.54) is 24.3 Å². The fourth-order valence-electron chi connectivity index (χ4n) is 3.74. The monoisotopic (exact) mass is 436 g/mol. The number of rotatable bonds is 5. The Balaban J connectivity index is 1.83. The Bertz CT molecular complexity index is 1060. The van der Waals surface area contributed by atoms with Gasteiger partial charge < -0.3 is 5.32 Å². The highest BCUT2D eigenvalue weighted by Crippen LogP contribution is 2.31. The third kappa shape index (κ3) is 4.87. The highest BCUT2D eigenvalue weighted by molar-refractivity contribution is 7.89. The van der Waals surface area contributed by atoms with Gasteiger partial charge in [0.15, 0.2) is 0 Å². The fraction of sp³-hybridized carbons (Fsp3) is 0.409. The Hall–Kier alpha value is -2.32. The molecule has 2 aromatic rings. The second kappa shape index (κ2) is 8.81. The van der Waals surface area contributed by atoms with Gasteiger partial charge in [-0.05, 0) is 61.1 Å². The van der Waals surface area contributed by atoms with Crippen molar-refractivity contribution in [1.82, 2.24) is 4.72 Å². The minimum absolute atomic E-state index is 0.0391. The first-order chi connectivity index (χ1) is 14.1. The van der Waals surface area contributed by atoms with E-state index in [-0.39, 0.29) is 23.2 Å². The van der Waals surface area contributed by atoms with E-state index in [4.69, 9.17) is 0 Å². The van der Waals surface area contributed by atoms with Crippen LogP contribution in [0.2, 0.25) is 0 Å². The molecular weight excluding hydrogens is 410 g/mol. The van der Waals surface area contributed by atoms with E-state index in [0.717, 1.165) is 25.0 Å². The number of hydrogen-bond donors (Lipinski definition) is 2. The molecule has 5 nitrogen and oxygen atoms in total. The Morgan fingerprint density at radius 3 is 2.47 bits per heavy atom. The van der Waals surface area contributed by atoms with Gasteiger partial charge in [0.1, 0.15) is 16.5 Å². The maximum Gasteiger partial charge on any atom is 0.255 e. The average molecular weight is 437 g/mol. The van der Waals surface area contributed by atoms with Crippen molar-refractivity contribution in [2.45, 2.75) is 51.0 Å². The number of anilines is 1. The molecule has 0 radical (unpaired) electrons. The second-order valence-corrected chi connectivity index (χ2v) is 9.74. The van der Waals surface area contributed by atoms with Crippen LogP contribution in [0, 0.1) is 30.4 Å². The van der Waals surface area contributed by atoms with Crippen molar-refractivity contribution in [3.8, 4) is 0 Å². The van der Waals surface area contributed by atoms with Gasteiger partial charge in [-0.15, -0.1) is 0 Å². The molecule has 0 aliphatic heterocycles. The summed E-state index contributed by atoms with van der Waals surface area (Å²) in [5.74, 6) is -1.58. The molecule has 0 unspecified atom stereocenters. The van der Waals surface area contributed by atoms with E-state index in [2.05, 4.69) is 17.0 Å². The summed E-state index contributed by atoms with van der Waals surface area (Å²) in [5, 5.41) is 2.50. The molecule has 0 heterocycles. The summed E-state index contributed by atoms with van der Waals surface area (Å²) in [6.07, 6.45) is 2.62. The molecular formula is C22H26F2N2O3S. The number of carbonyl (C=O) groups excluding carboxylic acids is 1. The zero-order valence-electron chi connectivity index (χ0n) is 17.2. The van der Waals surface area contributed by atoms with E-state index in [1.807, 2.05) is 6.92 Å². The standard InChI is InChI=1S/C22H26F2N2O3S/c1-13-5-4-6-20(15(13)3)26-30(28,29)21-11-16(8-10-18(21)23)22(27)25-17-9-7-14(2)19(24)12-17/h7-13,15,20,26H,4-6H2,1-3H3,(H,25,27)/t13-,15+,20+/m0/s1. The SMILES string of the molecule is Cc1ccc(NC(=O)c2ccc(F)c(S(=O)(=O)N[C@@H]3CCC[C@H](C)[C@H]3C)c2)cc1F. The number of carbonyl (C=O) groups is 1. The van der Waals surface area contributed by atoms with Crippen LogP contribution in [0.1, 0.15) is 49.0 Å². The van der Waals surface area contributed by atoms with Crippen molar-refractivity contribution in [2.24, 2.45) is 11.8 Å². The topological polar surface area (TPSA) is 75.3 Å². The van der Waals surface area contributed by atoms with Crippen molar-refractivity contribution < 1.29 is 22.0 Å². The van der Waals surface area contributed by atoms with Crippen molar-refractivity contribution in [3.63, 3.8) is 0 Å². The molecule has 1 aliphatic rings. The Morgan fingerprint density at radius 2 is 1.77 bits per heavy atom. The summed E-state index contributed by atoms with van der Waals surface area (Å²) < 4.78 is 56.4. The van der Waals surface area contributed by atoms with Crippen molar-refractivity contribution in [2.75, 3.05) is 5.32 Å². The molecule has 1 aliphatic carbocycles. The summed E-state index contributed by atoms with van der Waals surface area (Å²) in [4.78, 5) is 11.9. The number of benzene rings is 2. The third-order valence-corrected chi connectivity index (χ3v) is 7.43. The fourth-order valence-corrected chi connectivity index (χ4v) is 5.20. The molecule has 0 aromatic heterocycles. The lowest BCUT2D eigenvalue weighted by atomic mass is 9.78. The number of halogens is 2. The maximum absolute atomic E-state index is 14.4. The van der Waals surface area contributed by atoms with Gasteiger partial charge in [0.05, 0.1) is 0 Å². The van der Waals surface area contributed by atoms with Crippen LogP contribution >= 0.6 is 0 Å². The van der Waals surface area contributed by atoms with Crippen LogP contribution in [0.25, 0.3) is 0 Å². The van der Waals surface area contributed by atoms with Crippen LogP contribution in [0.4, 0.5) is 14.5 Å². The molecule has 1 fully saturated rings. The first-order valence-corrected chi connectivity index (χ1v) is 11.5. The summed E-state index contributed by atoms with van der Waals surface area (Å²) in [5.41, 5.74) is 0.614. The van der Waals surface area contributed by atoms with Crippen LogP contribution < -0.4 is 10.0 Å². The first-order valence-electron chi connectivity index (χ1n) is 9.98. The Morgan fingerprint density at radius 1 is 1.03 bits per heavy atom. The van der Waals surface area contributed by atoms with Crippen LogP contribution in [0.3, 0.4) is 0 Å². The summed E-state index contributed by atoms with van der Waals surface area (Å²) in [7, 11) is -4.15. The van der Waals surface area contributed by atoms with E-state index in [1.54, 1.807) is 6.92 Å². The molecule has 0 bridgehead atoms. The number of nitrogens with one attached hydrogen (secondary N) is 2. The van der Waals surface area contributed by atoms with Crippen molar-refractivity contribution >= 4 is 21.6 Å². The molecule has 0 spiro atoms. The molecule has 1 saturated carbocycles. The van der Waals surface area contributed by atoms with Gasteiger partial charge >= 0.3 is 0 Å². The van der Waals surface area contributed by atoms with Gasteiger partial charge in [-0.3, -0.25) is 4.79 Å². The Kier molecular flexibility index (Phi) is 6.57. The number of aryl methyl sites for hydroxylation is 1. The zero-order valence-corrected chi connectivity index (χ0v) is 18.0. The van der Waals surface area contributed by atoms with Crippen LogP contribution in [0.5, 0.6) is 0 Å². The van der Waals surface area contributed by atoms with E-state index in [0.29, 0.717) is 17.9 Å². The lowest BCUT2D eigenvalue weighted by Gasteiger charge is -2.34. The summed E-state index contributed by atoms with van der Waals surface area (Å²) in [6.45, 7) is 5.65. The molecule has 2 aromatic carbocycles. The van der Waals surface area contributed by atoms with Crippen LogP contribution in [0.15, 0.2) is 41.3 Å². The predicted molar refractivity (Wildman–Crippen MR) is 112 cm³/mol. The van der Waals surface area contributed by atoms with Gasteiger partial charge in [-0.25, -0.2) is 21.9 Å². The van der Waals surface area contributed by atoms with E-state index < -0.39 is 32.5 Å². The number of amides is 1. The van der Waals surface area contributed by atoms with Crippen LogP contribution in [-0.2, 0) is 10.0 Å². The molecule has 30 heavy (non-hydrogen) atoms. The third-order valence-electron chi connectivity index (χ3n) is 5.93. The quantitative estimate of drug-likeness (QED) is 0.718. The van der Waals surface area contributed by atoms with E-state index >= 15 is 0 Å². The van der Waals surface area contributed by atoms with Crippen molar-refractivity contribution in [3.05, 3.63) is 59.2 Å². The average Bonchev–Trinajstić information content (AvgIpc) is 2.68. The largest absolute Gasteiger partial charge is 0.322 e. The first kappa shape index (κ1) is 22.4. The minimum atomic E-state index is -4.15. The minimum Gasteiger partial charge on any atom is -0.322 e. The molecule has 0 saturated heterocycles. The highest BCUT2D eigenvalue weighted by Gasteiger charge is 2.32. The van der Waals surface area contributed by atoms with Crippen LogP contribution in [-0.4, -0.2) is 20.4 Å². The van der Waals surface area contributed by atoms with Crippen molar-refractivity contribution in [1.29, 1.82) is 0 Å². The van der Waals surface area contributed by atoms with Gasteiger partial charge in [0.25, 0.3) is 5.91 Å². The smallest absolute Gasteiger partial charge is 0.255 e. The normalized spacial score (nSPS) is 22.0. The van der Waals surface area contributed by atoms with E-state index in [9.17, 15) is 22.0 Å². The maximum atomic E-state index is 14.4. The molecule has 3 rings (SSSR count). The van der Waals surface area contributed by atoms with Gasteiger partial charge in [-0.1, -0.05) is 32.8 Å². The number of sulfonamides is 1. The molecule has 162 valence electrons. The predicted octanol–water partition coefficient (Wildman–Crippen LogP) is 4.63. The summed E-state index contributed by atoms with van der Waals surface area (Å²) in [6, 6.07) is 7.08. The summed E-state index contributed by atoms with van der Waals surface area (Å²) >= 11 is 0. The molecule has 1 amide bonds. The molecule has 2 N–H and O–H groups in total. The van der Waals surface area contributed by atoms with Gasteiger partial charge in [0.2, 0.25) is 10.0 Å². The van der Waals surface area contributed by atoms with Gasteiger partial charge in [0, 0.05) is 17.3 Å². The molecule has 3 atom stereocenters. The lowest BCUT2D eigenvalue weighted by molar-refractivity contribution is 0.102. The molecule has 8 heteroatoms. The highest BCUT2D eigenvalue weighted by atomic mass is 32.2. The second-order valence-electron chi connectivity index (χ2n) is 8.06.